The SMILES string of the molecule is CC1(C)CNCCN1c1c(Br)cnn(CC2CCC2)c1=O. The maximum absolute atomic E-state index is 12.9. The molecule has 0 bridgehead atoms. The summed E-state index contributed by atoms with van der Waals surface area (Å²) in [5, 5.41) is 7.72. The molecule has 0 amide bonds. The summed E-state index contributed by atoms with van der Waals surface area (Å²) in [5.74, 6) is 0.625. The van der Waals surface area contributed by atoms with Gasteiger partial charge in [-0.3, -0.25) is 4.79 Å². The summed E-state index contributed by atoms with van der Waals surface area (Å²) < 4.78 is 2.45. The number of hydrogen-bond acceptors (Lipinski definition) is 4. The number of halogens is 1. The van der Waals surface area contributed by atoms with Crippen LogP contribution < -0.4 is 15.8 Å². The predicted octanol–water partition coefficient (Wildman–Crippen LogP) is 1.99. The van der Waals surface area contributed by atoms with Gasteiger partial charge in [-0.05, 0) is 48.5 Å². The third kappa shape index (κ3) is 2.88. The lowest BCUT2D eigenvalue weighted by molar-refractivity contribution is 0.261. The molecule has 0 aromatic carbocycles. The number of nitrogens with one attached hydrogen (secondary N) is 1. The minimum atomic E-state index is -0.0738. The van der Waals surface area contributed by atoms with E-state index in [0.717, 1.165) is 36.3 Å². The first kappa shape index (κ1) is 15.0. The largest absolute Gasteiger partial charge is 0.358 e. The lowest BCUT2D eigenvalue weighted by Gasteiger charge is -2.44. The standard InChI is InChI=1S/C15H23BrN4O/c1-15(2)10-17-6-7-19(15)13-12(16)8-18-20(14(13)21)9-11-4-3-5-11/h8,11,17H,3-7,9-10H2,1-2H3. The summed E-state index contributed by atoms with van der Waals surface area (Å²) in [6, 6.07) is 0. The quantitative estimate of drug-likeness (QED) is 0.901. The third-order valence-electron chi connectivity index (χ3n) is 4.70. The second kappa shape index (κ2) is 5.72. The molecule has 0 atom stereocenters. The van der Waals surface area contributed by atoms with Gasteiger partial charge in [0.05, 0.1) is 10.7 Å². The minimum Gasteiger partial charge on any atom is -0.358 e. The van der Waals surface area contributed by atoms with Crippen molar-refractivity contribution in [2.24, 2.45) is 5.92 Å². The van der Waals surface area contributed by atoms with Gasteiger partial charge in [0, 0.05) is 31.7 Å². The van der Waals surface area contributed by atoms with Gasteiger partial charge in [-0.2, -0.15) is 5.10 Å². The smallest absolute Gasteiger partial charge is 0.291 e. The number of piperazine rings is 1. The Morgan fingerprint density at radius 1 is 1.48 bits per heavy atom. The van der Waals surface area contributed by atoms with Crippen LogP contribution in [0, 0.1) is 5.92 Å². The van der Waals surface area contributed by atoms with Gasteiger partial charge in [0.25, 0.3) is 5.56 Å². The fourth-order valence-electron chi connectivity index (χ4n) is 3.15. The van der Waals surface area contributed by atoms with Crippen LogP contribution >= 0.6 is 15.9 Å². The van der Waals surface area contributed by atoms with Gasteiger partial charge in [0.1, 0.15) is 5.69 Å². The highest BCUT2D eigenvalue weighted by atomic mass is 79.9. The maximum atomic E-state index is 12.9. The Balaban J connectivity index is 1.96. The van der Waals surface area contributed by atoms with Crippen LogP contribution in [0.15, 0.2) is 15.5 Å². The number of hydrogen-bond donors (Lipinski definition) is 1. The van der Waals surface area contributed by atoms with Crippen LogP contribution in [0.1, 0.15) is 33.1 Å². The van der Waals surface area contributed by atoms with E-state index in [2.05, 4.69) is 45.1 Å². The highest BCUT2D eigenvalue weighted by Crippen LogP contribution is 2.30. The van der Waals surface area contributed by atoms with Crippen molar-refractivity contribution in [2.45, 2.75) is 45.2 Å². The molecule has 1 aromatic heterocycles. The number of anilines is 1. The zero-order valence-corrected chi connectivity index (χ0v) is 14.3. The van der Waals surface area contributed by atoms with Crippen LogP contribution in [0.4, 0.5) is 5.69 Å². The summed E-state index contributed by atoms with van der Waals surface area (Å²) >= 11 is 3.53. The van der Waals surface area contributed by atoms with E-state index in [1.165, 1.54) is 19.3 Å². The van der Waals surface area contributed by atoms with Crippen LogP contribution in [0.2, 0.25) is 0 Å². The Kier molecular flexibility index (Phi) is 4.10. The van der Waals surface area contributed by atoms with E-state index in [0.29, 0.717) is 5.92 Å². The van der Waals surface area contributed by atoms with E-state index in [4.69, 9.17) is 0 Å². The van der Waals surface area contributed by atoms with E-state index in [-0.39, 0.29) is 11.1 Å². The third-order valence-corrected chi connectivity index (χ3v) is 5.28. The van der Waals surface area contributed by atoms with Crippen LogP contribution in [0.5, 0.6) is 0 Å². The van der Waals surface area contributed by atoms with E-state index < -0.39 is 0 Å². The Bertz CT molecular complexity index is 580. The highest BCUT2D eigenvalue weighted by molar-refractivity contribution is 9.10. The highest BCUT2D eigenvalue weighted by Gasteiger charge is 2.33. The van der Waals surface area contributed by atoms with E-state index in [9.17, 15) is 4.79 Å². The first-order valence-electron chi connectivity index (χ1n) is 7.73. The second-order valence-electron chi connectivity index (χ2n) is 6.77. The van der Waals surface area contributed by atoms with Crippen molar-refractivity contribution < 1.29 is 0 Å². The zero-order chi connectivity index (χ0) is 15.0. The molecule has 1 saturated heterocycles. The van der Waals surface area contributed by atoms with Crippen molar-refractivity contribution in [2.75, 3.05) is 24.5 Å². The molecule has 2 heterocycles. The molecule has 1 saturated carbocycles. The average molecular weight is 355 g/mol. The fourth-order valence-corrected chi connectivity index (χ4v) is 3.63. The molecule has 1 aromatic rings. The first-order valence-corrected chi connectivity index (χ1v) is 8.52. The molecule has 21 heavy (non-hydrogen) atoms. The maximum Gasteiger partial charge on any atom is 0.291 e. The number of aromatic nitrogens is 2. The lowest BCUT2D eigenvalue weighted by atomic mass is 9.85. The lowest BCUT2D eigenvalue weighted by Crippen LogP contribution is -2.59. The van der Waals surface area contributed by atoms with Gasteiger partial charge in [-0.15, -0.1) is 0 Å². The molecule has 2 fully saturated rings. The molecule has 2 aliphatic rings. The topological polar surface area (TPSA) is 50.2 Å². The van der Waals surface area contributed by atoms with Crippen LogP contribution in [0.3, 0.4) is 0 Å². The van der Waals surface area contributed by atoms with Gasteiger partial charge in [-0.25, -0.2) is 4.68 Å². The van der Waals surface area contributed by atoms with Gasteiger partial charge >= 0.3 is 0 Å². The Morgan fingerprint density at radius 3 is 2.86 bits per heavy atom. The second-order valence-corrected chi connectivity index (χ2v) is 7.62. The predicted molar refractivity (Wildman–Crippen MR) is 87.8 cm³/mol. The summed E-state index contributed by atoms with van der Waals surface area (Å²) in [5.41, 5.74) is 0.720. The van der Waals surface area contributed by atoms with Crippen molar-refractivity contribution >= 4 is 21.6 Å². The van der Waals surface area contributed by atoms with Gasteiger partial charge < -0.3 is 10.2 Å². The summed E-state index contributed by atoms with van der Waals surface area (Å²) in [6.45, 7) is 7.72. The Labute approximate surface area is 133 Å². The molecule has 1 aliphatic heterocycles. The normalized spacial score (nSPS) is 22.1. The number of nitrogens with zero attached hydrogens (tertiary/aromatic N) is 3. The molecule has 6 heteroatoms. The fraction of sp³-hybridized carbons (Fsp3) is 0.733. The molecule has 1 aliphatic carbocycles. The van der Waals surface area contributed by atoms with Gasteiger partial charge in [0.2, 0.25) is 0 Å². The van der Waals surface area contributed by atoms with Crippen LogP contribution in [-0.2, 0) is 6.54 Å². The first-order chi connectivity index (χ1) is 9.99. The monoisotopic (exact) mass is 354 g/mol. The zero-order valence-electron chi connectivity index (χ0n) is 12.7. The molecule has 0 spiro atoms. The van der Waals surface area contributed by atoms with E-state index in [1.54, 1.807) is 10.9 Å². The van der Waals surface area contributed by atoms with Crippen molar-refractivity contribution in [3.8, 4) is 0 Å². The Hall–Kier alpha value is -0.880. The van der Waals surface area contributed by atoms with Crippen molar-refractivity contribution in [1.29, 1.82) is 0 Å². The molecular formula is C15H23BrN4O. The van der Waals surface area contributed by atoms with Gasteiger partial charge in [0.15, 0.2) is 0 Å². The molecule has 3 rings (SSSR count). The average Bonchev–Trinajstić information content (AvgIpc) is 2.37. The van der Waals surface area contributed by atoms with Crippen molar-refractivity contribution in [3.05, 3.63) is 21.0 Å². The molecule has 0 radical (unpaired) electrons. The minimum absolute atomic E-state index is 0.0336. The summed E-state index contributed by atoms with van der Waals surface area (Å²) in [6.07, 6.45) is 5.50. The Morgan fingerprint density at radius 2 is 2.24 bits per heavy atom. The molecule has 5 nitrogen and oxygen atoms in total. The molecule has 116 valence electrons. The molecule has 0 unspecified atom stereocenters. The van der Waals surface area contributed by atoms with E-state index in [1.807, 2.05) is 0 Å². The van der Waals surface area contributed by atoms with Crippen LogP contribution in [-0.4, -0.2) is 35.0 Å². The van der Waals surface area contributed by atoms with E-state index >= 15 is 0 Å². The summed E-state index contributed by atoms with van der Waals surface area (Å²) in [7, 11) is 0. The number of rotatable bonds is 3. The summed E-state index contributed by atoms with van der Waals surface area (Å²) in [4.78, 5) is 15.1. The van der Waals surface area contributed by atoms with Gasteiger partial charge in [-0.1, -0.05) is 6.42 Å². The van der Waals surface area contributed by atoms with Crippen molar-refractivity contribution in [3.63, 3.8) is 0 Å². The molecular weight excluding hydrogens is 332 g/mol. The van der Waals surface area contributed by atoms with Crippen molar-refractivity contribution in [1.82, 2.24) is 15.1 Å². The van der Waals surface area contributed by atoms with Crippen LogP contribution in [0.25, 0.3) is 0 Å². The molecule has 1 N–H and O–H groups in total.